The molecule has 0 aromatic heterocycles. The van der Waals surface area contributed by atoms with Crippen molar-refractivity contribution in [2.24, 2.45) is 0 Å². The lowest BCUT2D eigenvalue weighted by atomic mass is 10.2. The Morgan fingerprint density at radius 1 is 0.927 bits per heavy atom. The fourth-order valence-corrected chi connectivity index (χ4v) is 6.40. The van der Waals surface area contributed by atoms with Gasteiger partial charge in [-0.2, -0.15) is 13.2 Å². The van der Waals surface area contributed by atoms with Gasteiger partial charge in [-0.1, -0.05) is 11.6 Å². The van der Waals surface area contributed by atoms with Gasteiger partial charge < -0.3 is 14.8 Å². The third-order valence-corrected chi connectivity index (χ3v) is 8.79. The van der Waals surface area contributed by atoms with Crippen LogP contribution >= 0.6 is 11.6 Å². The smallest absolute Gasteiger partial charge is 0.417 e. The van der Waals surface area contributed by atoms with Gasteiger partial charge in [-0.3, -0.25) is 13.8 Å². The molecule has 3 aromatic rings. The minimum absolute atomic E-state index is 0.141. The summed E-state index contributed by atoms with van der Waals surface area (Å²) in [6, 6.07) is 10.6. The Hall–Kier alpha value is -3.69. The van der Waals surface area contributed by atoms with Gasteiger partial charge >= 0.3 is 6.18 Å². The quantitative estimate of drug-likeness (QED) is 0.367. The minimum atomic E-state index is -4.79. The molecule has 1 aliphatic heterocycles. The van der Waals surface area contributed by atoms with E-state index in [0.29, 0.717) is 24.2 Å². The second-order valence-electron chi connectivity index (χ2n) is 8.87. The maximum absolute atomic E-state index is 13.1. The molecule has 0 saturated heterocycles. The molecule has 1 amide bonds. The molecular formula is C25H23ClF3N3O7S2. The minimum Gasteiger partial charge on any atom is -0.486 e. The number of nitrogens with one attached hydrogen (secondary N) is 2. The maximum Gasteiger partial charge on any atom is 0.417 e. The number of alkyl halides is 3. The van der Waals surface area contributed by atoms with Crippen molar-refractivity contribution in [2.45, 2.75) is 24.0 Å². The summed E-state index contributed by atoms with van der Waals surface area (Å²) in [5.41, 5.74) is -1.25. The molecule has 16 heteroatoms. The van der Waals surface area contributed by atoms with Crippen LogP contribution in [0.3, 0.4) is 0 Å². The summed E-state index contributed by atoms with van der Waals surface area (Å²) in [7, 11) is -8.25. The van der Waals surface area contributed by atoms with E-state index in [0.717, 1.165) is 34.8 Å². The predicted octanol–water partition coefficient (Wildman–Crippen LogP) is 4.72. The van der Waals surface area contributed by atoms with Crippen LogP contribution in [0.25, 0.3) is 0 Å². The van der Waals surface area contributed by atoms with Crippen LogP contribution in [0.15, 0.2) is 65.6 Å². The lowest BCUT2D eigenvalue weighted by molar-refractivity contribution is -0.137. The van der Waals surface area contributed by atoms with Crippen molar-refractivity contribution < 1.29 is 44.3 Å². The van der Waals surface area contributed by atoms with Crippen LogP contribution < -0.4 is 23.8 Å². The molecule has 4 rings (SSSR count). The number of halogens is 4. The molecule has 1 heterocycles. The molecule has 3 aromatic carbocycles. The van der Waals surface area contributed by atoms with E-state index >= 15 is 0 Å². The number of carbonyl (C=O) groups is 1. The molecule has 0 fully saturated rings. The van der Waals surface area contributed by atoms with Crippen molar-refractivity contribution in [2.75, 3.05) is 33.8 Å². The molecule has 0 radical (unpaired) electrons. The van der Waals surface area contributed by atoms with E-state index in [9.17, 15) is 34.8 Å². The molecule has 10 nitrogen and oxygen atoms in total. The highest BCUT2D eigenvalue weighted by Gasteiger charge is 2.34. The fourth-order valence-electron chi connectivity index (χ4n) is 3.96. The Morgan fingerprint density at radius 2 is 1.54 bits per heavy atom. The van der Waals surface area contributed by atoms with Crippen LogP contribution in [0.5, 0.6) is 11.5 Å². The molecule has 0 saturated carbocycles. The van der Waals surface area contributed by atoms with Gasteiger partial charge in [0.15, 0.2) is 11.5 Å². The van der Waals surface area contributed by atoms with Gasteiger partial charge in [0.1, 0.15) is 19.3 Å². The van der Waals surface area contributed by atoms with E-state index in [1.807, 2.05) is 0 Å². The molecule has 1 aliphatic rings. The van der Waals surface area contributed by atoms with Crippen molar-refractivity contribution in [3.63, 3.8) is 0 Å². The number of sulfonamides is 2. The fraction of sp³-hybridized carbons (Fsp3) is 0.240. The highest BCUT2D eigenvalue weighted by molar-refractivity contribution is 7.92. The average molecular weight is 634 g/mol. The lowest BCUT2D eigenvalue weighted by Gasteiger charge is -2.29. The number of anilines is 3. The van der Waals surface area contributed by atoms with Gasteiger partial charge in [0.05, 0.1) is 27.4 Å². The first kappa shape index (κ1) is 30.3. The average Bonchev–Trinajstić information content (AvgIpc) is 2.88. The molecular weight excluding hydrogens is 611 g/mol. The third-order valence-electron chi connectivity index (χ3n) is 5.82. The Kier molecular flexibility index (Phi) is 8.34. The molecule has 220 valence electrons. The monoisotopic (exact) mass is 633 g/mol. The number of nitrogens with zero attached hydrogens (tertiary/aromatic N) is 1. The summed E-state index contributed by atoms with van der Waals surface area (Å²) in [6.45, 7) is 2.00. The van der Waals surface area contributed by atoms with Crippen molar-refractivity contribution in [1.82, 2.24) is 0 Å². The van der Waals surface area contributed by atoms with Gasteiger partial charge in [-0.15, -0.1) is 0 Å². The Balaban J connectivity index is 1.50. The van der Waals surface area contributed by atoms with Crippen LogP contribution in [0.2, 0.25) is 5.02 Å². The summed E-state index contributed by atoms with van der Waals surface area (Å²) in [6.07, 6.45) is -3.84. The molecule has 0 spiro atoms. The van der Waals surface area contributed by atoms with Gasteiger partial charge in [0.2, 0.25) is 15.9 Å². The van der Waals surface area contributed by atoms with Gasteiger partial charge in [-0.05, 0) is 61.5 Å². The Morgan fingerprint density at radius 3 is 2.15 bits per heavy atom. The number of benzene rings is 3. The van der Waals surface area contributed by atoms with Crippen LogP contribution in [0.1, 0.15) is 12.5 Å². The zero-order valence-electron chi connectivity index (χ0n) is 21.4. The second-order valence-corrected chi connectivity index (χ2v) is 12.8. The lowest BCUT2D eigenvalue weighted by Crippen LogP contribution is -2.45. The number of carbonyl (C=O) groups excluding carboxylic acids is 1. The Bertz CT molecular complexity index is 1680. The third kappa shape index (κ3) is 6.97. The second kappa shape index (κ2) is 11.3. The van der Waals surface area contributed by atoms with Crippen LogP contribution in [0.4, 0.5) is 30.2 Å². The highest BCUT2D eigenvalue weighted by Crippen LogP contribution is 2.37. The maximum atomic E-state index is 13.1. The number of fused-ring (bicyclic) bond motifs is 1. The summed E-state index contributed by atoms with van der Waals surface area (Å²) >= 11 is 5.58. The first-order valence-electron chi connectivity index (χ1n) is 11.8. The van der Waals surface area contributed by atoms with E-state index in [4.69, 9.17) is 21.1 Å². The normalized spacial score (nSPS) is 14.2. The van der Waals surface area contributed by atoms with E-state index in [2.05, 4.69) is 10.0 Å². The van der Waals surface area contributed by atoms with Crippen LogP contribution in [0, 0.1) is 0 Å². The molecule has 0 bridgehead atoms. The van der Waals surface area contributed by atoms with Gasteiger partial charge in [0.25, 0.3) is 10.0 Å². The molecule has 0 unspecified atom stereocenters. The molecule has 2 N–H and O–H groups in total. The first-order chi connectivity index (χ1) is 19.1. The SMILES string of the molecule is C[C@H](C(=O)Nc1ccc(S(=O)(=O)Nc2ccc(Cl)c(C(F)(F)F)c2)cc1)N(c1ccc2c(c1)OCCO2)S(C)(=O)=O. The van der Waals surface area contributed by atoms with Crippen molar-refractivity contribution >= 4 is 54.6 Å². The summed E-state index contributed by atoms with van der Waals surface area (Å²) in [4.78, 5) is 12.7. The van der Waals surface area contributed by atoms with Crippen molar-refractivity contribution in [3.05, 3.63) is 71.2 Å². The molecule has 41 heavy (non-hydrogen) atoms. The molecule has 1 atom stereocenters. The number of rotatable bonds is 8. The first-order valence-corrected chi connectivity index (χ1v) is 15.5. The summed E-state index contributed by atoms with van der Waals surface area (Å²) in [5.74, 6) is 0.0421. The van der Waals surface area contributed by atoms with Gasteiger partial charge in [-0.25, -0.2) is 16.8 Å². The summed E-state index contributed by atoms with van der Waals surface area (Å²) < 4.78 is 104. The highest BCUT2D eigenvalue weighted by atomic mass is 35.5. The predicted molar refractivity (Wildman–Crippen MR) is 147 cm³/mol. The largest absolute Gasteiger partial charge is 0.486 e. The standard InChI is InChI=1S/C25H23ClF3N3O7S2/c1-15(32(40(2,34)35)18-6-10-22-23(14-18)39-12-11-38-22)24(33)30-16-3-7-19(8-4-16)41(36,37)31-17-5-9-21(26)20(13-17)25(27,28)29/h3-10,13-15,31H,11-12H2,1-2H3,(H,30,33)/t15-/m1/s1. The van der Waals surface area contributed by atoms with Crippen LogP contribution in [-0.4, -0.2) is 48.3 Å². The molecule has 0 aliphatic carbocycles. The zero-order valence-corrected chi connectivity index (χ0v) is 23.8. The number of ether oxygens (including phenoxy) is 2. The zero-order chi connectivity index (χ0) is 30.2. The number of amides is 1. The van der Waals surface area contributed by atoms with Crippen molar-refractivity contribution in [1.29, 1.82) is 0 Å². The van der Waals surface area contributed by atoms with E-state index < -0.39 is 48.8 Å². The van der Waals surface area contributed by atoms with Gasteiger partial charge in [0, 0.05) is 17.4 Å². The number of hydrogen-bond acceptors (Lipinski definition) is 7. The van der Waals surface area contributed by atoms with E-state index in [-0.39, 0.29) is 28.6 Å². The van der Waals surface area contributed by atoms with Crippen molar-refractivity contribution in [3.8, 4) is 11.5 Å². The van der Waals surface area contributed by atoms with E-state index in [1.54, 1.807) is 0 Å². The van der Waals surface area contributed by atoms with E-state index in [1.165, 1.54) is 37.3 Å². The van der Waals surface area contributed by atoms with Crippen LogP contribution in [-0.2, 0) is 31.0 Å². The Labute approximate surface area is 239 Å². The number of hydrogen-bond donors (Lipinski definition) is 2. The topological polar surface area (TPSA) is 131 Å². The summed E-state index contributed by atoms with van der Waals surface area (Å²) in [5, 5.41) is 1.94.